The van der Waals surface area contributed by atoms with Crippen LogP contribution in [-0.2, 0) is 9.53 Å². The van der Waals surface area contributed by atoms with Gasteiger partial charge in [0.2, 0.25) is 5.91 Å². The van der Waals surface area contributed by atoms with Gasteiger partial charge in [0.25, 0.3) is 0 Å². The SMILES string of the molecule is CC(C)OCC(=O)NCC1(N)CCC1.Cl. The molecule has 0 spiro atoms. The maximum Gasteiger partial charge on any atom is 0.246 e. The summed E-state index contributed by atoms with van der Waals surface area (Å²) in [5.74, 6) is -0.0737. The predicted molar refractivity (Wildman–Crippen MR) is 62.1 cm³/mol. The molecule has 90 valence electrons. The van der Waals surface area contributed by atoms with Crippen molar-refractivity contribution in [1.82, 2.24) is 5.32 Å². The van der Waals surface area contributed by atoms with E-state index in [0.717, 1.165) is 12.8 Å². The molecule has 0 heterocycles. The molecule has 0 aromatic rings. The number of carbonyl (C=O) groups is 1. The fourth-order valence-electron chi connectivity index (χ4n) is 1.38. The minimum Gasteiger partial charge on any atom is -0.369 e. The Morgan fingerprint density at radius 2 is 2.13 bits per heavy atom. The Morgan fingerprint density at radius 1 is 1.53 bits per heavy atom. The molecule has 1 rings (SSSR count). The highest BCUT2D eigenvalue weighted by molar-refractivity contribution is 5.85. The van der Waals surface area contributed by atoms with E-state index in [9.17, 15) is 4.79 Å². The quantitative estimate of drug-likeness (QED) is 0.743. The molecule has 0 aromatic carbocycles. The van der Waals surface area contributed by atoms with E-state index in [-0.39, 0.29) is 36.6 Å². The van der Waals surface area contributed by atoms with E-state index in [4.69, 9.17) is 10.5 Å². The van der Waals surface area contributed by atoms with Crippen molar-refractivity contribution >= 4 is 18.3 Å². The van der Waals surface area contributed by atoms with Crippen molar-refractivity contribution in [3.63, 3.8) is 0 Å². The molecule has 1 fully saturated rings. The van der Waals surface area contributed by atoms with Gasteiger partial charge in [0.15, 0.2) is 0 Å². The van der Waals surface area contributed by atoms with Crippen LogP contribution in [0.5, 0.6) is 0 Å². The molecular weight excluding hydrogens is 216 g/mol. The fourth-order valence-corrected chi connectivity index (χ4v) is 1.38. The van der Waals surface area contributed by atoms with Crippen LogP contribution in [0, 0.1) is 0 Å². The Labute approximate surface area is 97.3 Å². The second kappa shape index (κ2) is 6.30. The topological polar surface area (TPSA) is 64.3 Å². The van der Waals surface area contributed by atoms with Gasteiger partial charge in [-0.2, -0.15) is 0 Å². The first-order valence-electron chi connectivity index (χ1n) is 5.19. The van der Waals surface area contributed by atoms with E-state index in [1.54, 1.807) is 0 Å². The fraction of sp³-hybridized carbons (Fsp3) is 0.900. The zero-order valence-electron chi connectivity index (χ0n) is 9.41. The summed E-state index contributed by atoms with van der Waals surface area (Å²) in [5.41, 5.74) is 5.81. The second-order valence-corrected chi connectivity index (χ2v) is 4.35. The Kier molecular flexibility index (Phi) is 6.17. The molecule has 3 N–H and O–H groups in total. The van der Waals surface area contributed by atoms with Crippen molar-refractivity contribution in [2.24, 2.45) is 5.73 Å². The average Bonchev–Trinajstić information content (AvgIpc) is 2.08. The lowest BCUT2D eigenvalue weighted by Gasteiger charge is -2.38. The number of amides is 1. The third kappa shape index (κ3) is 5.35. The second-order valence-electron chi connectivity index (χ2n) is 4.35. The maximum absolute atomic E-state index is 11.2. The molecular formula is C10H21ClN2O2. The normalized spacial score (nSPS) is 17.9. The molecule has 0 radical (unpaired) electrons. The van der Waals surface area contributed by atoms with Gasteiger partial charge in [0, 0.05) is 12.1 Å². The number of nitrogens with two attached hydrogens (primary N) is 1. The first kappa shape index (κ1) is 14.7. The van der Waals surface area contributed by atoms with Gasteiger partial charge in [0.1, 0.15) is 6.61 Å². The molecule has 5 heteroatoms. The van der Waals surface area contributed by atoms with Crippen molar-refractivity contribution in [3.05, 3.63) is 0 Å². The van der Waals surface area contributed by atoms with Crippen LogP contribution >= 0.6 is 12.4 Å². The summed E-state index contributed by atoms with van der Waals surface area (Å²) in [7, 11) is 0. The summed E-state index contributed by atoms with van der Waals surface area (Å²) in [6.45, 7) is 4.52. The highest BCUT2D eigenvalue weighted by atomic mass is 35.5. The summed E-state index contributed by atoms with van der Waals surface area (Å²) < 4.78 is 5.17. The van der Waals surface area contributed by atoms with Gasteiger partial charge in [0.05, 0.1) is 6.10 Å². The summed E-state index contributed by atoms with van der Waals surface area (Å²) in [6, 6.07) is 0. The third-order valence-electron chi connectivity index (χ3n) is 2.53. The average molecular weight is 237 g/mol. The molecule has 0 atom stereocenters. The zero-order valence-corrected chi connectivity index (χ0v) is 10.2. The van der Waals surface area contributed by atoms with Crippen molar-refractivity contribution in [3.8, 4) is 0 Å². The molecule has 0 aromatic heterocycles. The predicted octanol–water partition coefficient (Wildman–Crippen LogP) is 0.831. The van der Waals surface area contributed by atoms with Gasteiger partial charge in [-0.15, -0.1) is 12.4 Å². The number of ether oxygens (including phenoxy) is 1. The van der Waals surface area contributed by atoms with Crippen LogP contribution in [0.15, 0.2) is 0 Å². The Balaban J connectivity index is 0.00000196. The minimum atomic E-state index is -0.145. The van der Waals surface area contributed by atoms with Crippen molar-refractivity contribution in [2.75, 3.05) is 13.2 Å². The van der Waals surface area contributed by atoms with E-state index in [2.05, 4.69) is 5.32 Å². The number of hydrogen-bond donors (Lipinski definition) is 2. The molecule has 0 bridgehead atoms. The lowest BCUT2D eigenvalue weighted by molar-refractivity contribution is -0.127. The van der Waals surface area contributed by atoms with Crippen molar-refractivity contribution in [1.29, 1.82) is 0 Å². The zero-order chi connectivity index (χ0) is 10.6. The Hall–Kier alpha value is -0.320. The number of carbonyl (C=O) groups excluding carboxylic acids is 1. The van der Waals surface area contributed by atoms with Gasteiger partial charge in [-0.25, -0.2) is 0 Å². The molecule has 15 heavy (non-hydrogen) atoms. The molecule has 4 nitrogen and oxygen atoms in total. The standard InChI is InChI=1S/C10H20N2O2.ClH/c1-8(2)14-6-9(13)12-7-10(11)4-3-5-10;/h8H,3-7,11H2,1-2H3,(H,12,13);1H. The van der Waals surface area contributed by atoms with E-state index >= 15 is 0 Å². The van der Waals surface area contributed by atoms with E-state index in [1.807, 2.05) is 13.8 Å². The smallest absolute Gasteiger partial charge is 0.246 e. The van der Waals surface area contributed by atoms with E-state index in [0.29, 0.717) is 6.54 Å². The van der Waals surface area contributed by atoms with E-state index < -0.39 is 0 Å². The maximum atomic E-state index is 11.2. The Morgan fingerprint density at radius 3 is 2.53 bits per heavy atom. The minimum absolute atomic E-state index is 0. The van der Waals surface area contributed by atoms with Crippen LogP contribution < -0.4 is 11.1 Å². The van der Waals surface area contributed by atoms with Crippen LogP contribution in [0.25, 0.3) is 0 Å². The lowest BCUT2D eigenvalue weighted by atomic mass is 9.78. The van der Waals surface area contributed by atoms with Gasteiger partial charge in [-0.3, -0.25) is 4.79 Å². The van der Waals surface area contributed by atoms with Crippen LogP contribution in [0.3, 0.4) is 0 Å². The molecule has 0 aliphatic heterocycles. The molecule has 0 saturated heterocycles. The van der Waals surface area contributed by atoms with Crippen LogP contribution in [0.2, 0.25) is 0 Å². The van der Waals surface area contributed by atoms with Crippen molar-refractivity contribution < 1.29 is 9.53 Å². The molecule has 1 aliphatic rings. The van der Waals surface area contributed by atoms with Gasteiger partial charge >= 0.3 is 0 Å². The third-order valence-corrected chi connectivity index (χ3v) is 2.53. The first-order valence-corrected chi connectivity index (χ1v) is 5.19. The number of rotatable bonds is 5. The van der Waals surface area contributed by atoms with Crippen LogP contribution in [0.4, 0.5) is 0 Å². The highest BCUT2D eigenvalue weighted by Crippen LogP contribution is 2.27. The van der Waals surface area contributed by atoms with Crippen LogP contribution in [0.1, 0.15) is 33.1 Å². The number of nitrogens with one attached hydrogen (secondary N) is 1. The summed E-state index contributed by atoms with van der Waals surface area (Å²) in [6.07, 6.45) is 3.29. The van der Waals surface area contributed by atoms with Crippen LogP contribution in [-0.4, -0.2) is 30.7 Å². The number of halogens is 1. The summed E-state index contributed by atoms with van der Waals surface area (Å²) >= 11 is 0. The lowest BCUT2D eigenvalue weighted by Crippen LogP contribution is -2.55. The monoisotopic (exact) mass is 236 g/mol. The first-order chi connectivity index (χ1) is 6.52. The van der Waals surface area contributed by atoms with E-state index in [1.165, 1.54) is 6.42 Å². The van der Waals surface area contributed by atoms with Gasteiger partial charge in [-0.1, -0.05) is 0 Å². The van der Waals surface area contributed by atoms with Gasteiger partial charge < -0.3 is 15.8 Å². The molecule has 0 unspecified atom stereocenters. The molecule has 1 aliphatic carbocycles. The summed E-state index contributed by atoms with van der Waals surface area (Å²) in [5, 5.41) is 2.79. The molecule has 1 saturated carbocycles. The Bertz CT molecular complexity index is 206. The number of hydrogen-bond acceptors (Lipinski definition) is 3. The largest absolute Gasteiger partial charge is 0.369 e. The van der Waals surface area contributed by atoms with Gasteiger partial charge in [-0.05, 0) is 33.1 Å². The van der Waals surface area contributed by atoms with Crippen molar-refractivity contribution in [2.45, 2.75) is 44.8 Å². The summed E-state index contributed by atoms with van der Waals surface area (Å²) in [4.78, 5) is 11.2. The highest BCUT2D eigenvalue weighted by Gasteiger charge is 2.32. The molecule has 1 amide bonds.